The minimum atomic E-state index is -0.862. The molecule has 0 unspecified atom stereocenters. The van der Waals surface area contributed by atoms with E-state index in [-0.39, 0.29) is 17.9 Å². The van der Waals surface area contributed by atoms with Crippen LogP contribution < -0.4 is 9.47 Å². The zero-order chi connectivity index (χ0) is 15.9. The van der Waals surface area contributed by atoms with Gasteiger partial charge in [-0.05, 0) is 37.6 Å². The Morgan fingerprint density at radius 1 is 0.909 bits per heavy atom. The number of benzene rings is 2. The van der Waals surface area contributed by atoms with Gasteiger partial charge in [-0.2, -0.15) is 0 Å². The standard InChI is InChI=1S/C17H16O5/c1-3-20-17(19)22-15-11-7-5-9-13(15)16(18)21-14-10-6-4-8-12(14)2/h4-11H,3H2,1-2H3. The molecule has 0 aliphatic heterocycles. The van der Waals surface area contributed by atoms with Gasteiger partial charge in [0, 0.05) is 0 Å². The minimum Gasteiger partial charge on any atom is -0.434 e. The highest BCUT2D eigenvalue weighted by Gasteiger charge is 2.18. The SMILES string of the molecule is CCOC(=O)Oc1ccccc1C(=O)Oc1ccccc1C. The number of rotatable bonds is 4. The third-order valence-corrected chi connectivity index (χ3v) is 2.86. The third-order valence-electron chi connectivity index (χ3n) is 2.86. The number of aryl methyl sites for hydroxylation is 1. The highest BCUT2D eigenvalue weighted by atomic mass is 16.7. The van der Waals surface area contributed by atoms with Crippen LogP contribution in [0.1, 0.15) is 22.8 Å². The summed E-state index contributed by atoms with van der Waals surface area (Å²) >= 11 is 0. The van der Waals surface area contributed by atoms with Crippen LogP contribution >= 0.6 is 0 Å². The van der Waals surface area contributed by atoms with Crippen LogP contribution in [0, 0.1) is 6.92 Å². The van der Waals surface area contributed by atoms with Gasteiger partial charge >= 0.3 is 12.1 Å². The molecule has 0 N–H and O–H groups in total. The Kier molecular flexibility index (Phi) is 5.14. The lowest BCUT2D eigenvalue weighted by atomic mass is 10.2. The molecule has 0 amide bonds. The lowest BCUT2D eigenvalue weighted by Gasteiger charge is -2.10. The Bertz CT molecular complexity index is 678. The molecule has 0 atom stereocenters. The second-order valence-electron chi connectivity index (χ2n) is 4.44. The van der Waals surface area contributed by atoms with E-state index in [1.807, 2.05) is 19.1 Å². The largest absolute Gasteiger partial charge is 0.513 e. The number of hydrogen-bond acceptors (Lipinski definition) is 5. The van der Waals surface area contributed by atoms with Gasteiger partial charge in [0.25, 0.3) is 0 Å². The molecule has 0 saturated heterocycles. The minimum absolute atomic E-state index is 0.0968. The molecule has 0 bridgehead atoms. The molecule has 0 radical (unpaired) electrons. The van der Waals surface area contributed by atoms with E-state index >= 15 is 0 Å². The first-order valence-corrected chi connectivity index (χ1v) is 6.83. The quantitative estimate of drug-likeness (QED) is 0.489. The number of ether oxygens (including phenoxy) is 3. The second kappa shape index (κ2) is 7.26. The normalized spacial score (nSPS) is 9.91. The van der Waals surface area contributed by atoms with Gasteiger partial charge in [-0.1, -0.05) is 30.3 Å². The summed E-state index contributed by atoms with van der Waals surface area (Å²) in [5, 5.41) is 0. The predicted octanol–water partition coefficient (Wildman–Crippen LogP) is 3.75. The molecule has 114 valence electrons. The van der Waals surface area contributed by atoms with Crippen molar-refractivity contribution < 1.29 is 23.8 Å². The van der Waals surface area contributed by atoms with Crippen LogP contribution in [0.3, 0.4) is 0 Å². The molecule has 0 aliphatic rings. The first-order chi connectivity index (χ1) is 10.6. The molecule has 0 aliphatic carbocycles. The summed E-state index contributed by atoms with van der Waals surface area (Å²) in [4.78, 5) is 23.7. The molecule has 2 aromatic rings. The van der Waals surface area contributed by atoms with Gasteiger partial charge in [-0.3, -0.25) is 0 Å². The van der Waals surface area contributed by atoms with Crippen molar-refractivity contribution in [3.05, 3.63) is 59.7 Å². The fraction of sp³-hybridized carbons (Fsp3) is 0.176. The number of carbonyl (C=O) groups is 2. The monoisotopic (exact) mass is 300 g/mol. The highest BCUT2D eigenvalue weighted by Crippen LogP contribution is 2.23. The molecule has 5 nitrogen and oxygen atoms in total. The molecule has 22 heavy (non-hydrogen) atoms. The summed E-state index contributed by atoms with van der Waals surface area (Å²) in [7, 11) is 0. The van der Waals surface area contributed by atoms with Crippen molar-refractivity contribution in [3.8, 4) is 11.5 Å². The Labute approximate surface area is 128 Å². The van der Waals surface area contributed by atoms with E-state index < -0.39 is 12.1 Å². The zero-order valence-electron chi connectivity index (χ0n) is 12.4. The molecule has 5 heteroatoms. The van der Waals surface area contributed by atoms with Gasteiger partial charge in [-0.25, -0.2) is 9.59 Å². The maximum Gasteiger partial charge on any atom is 0.513 e. The smallest absolute Gasteiger partial charge is 0.434 e. The Morgan fingerprint density at radius 2 is 1.55 bits per heavy atom. The van der Waals surface area contributed by atoms with E-state index in [0.29, 0.717) is 5.75 Å². The third kappa shape index (κ3) is 3.85. The topological polar surface area (TPSA) is 61.8 Å². The molecule has 0 fully saturated rings. The van der Waals surface area contributed by atoms with Crippen molar-refractivity contribution >= 4 is 12.1 Å². The van der Waals surface area contributed by atoms with E-state index in [0.717, 1.165) is 5.56 Å². The van der Waals surface area contributed by atoms with Crippen molar-refractivity contribution in [1.82, 2.24) is 0 Å². The van der Waals surface area contributed by atoms with Crippen LogP contribution in [0.25, 0.3) is 0 Å². The van der Waals surface area contributed by atoms with Crippen LogP contribution in [-0.4, -0.2) is 18.7 Å². The van der Waals surface area contributed by atoms with Gasteiger partial charge in [-0.15, -0.1) is 0 Å². The van der Waals surface area contributed by atoms with Crippen LogP contribution in [0.2, 0.25) is 0 Å². The Morgan fingerprint density at radius 3 is 2.23 bits per heavy atom. The number of esters is 1. The van der Waals surface area contributed by atoms with Crippen LogP contribution in [0.15, 0.2) is 48.5 Å². The van der Waals surface area contributed by atoms with Gasteiger partial charge in [0.2, 0.25) is 0 Å². The fourth-order valence-electron chi connectivity index (χ4n) is 1.79. The van der Waals surface area contributed by atoms with Crippen LogP contribution in [-0.2, 0) is 4.74 Å². The number of para-hydroxylation sites is 2. The predicted molar refractivity (Wildman–Crippen MR) is 80.2 cm³/mol. The average Bonchev–Trinajstić information content (AvgIpc) is 2.50. The maximum absolute atomic E-state index is 12.3. The van der Waals surface area contributed by atoms with Crippen molar-refractivity contribution in [2.45, 2.75) is 13.8 Å². The number of hydrogen-bond donors (Lipinski definition) is 0. The molecular weight excluding hydrogens is 284 g/mol. The highest BCUT2D eigenvalue weighted by molar-refractivity contribution is 5.94. The first-order valence-electron chi connectivity index (χ1n) is 6.83. The maximum atomic E-state index is 12.3. The Balaban J connectivity index is 2.19. The number of carbonyl (C=O) groups excluding carboxylic acids is 2. The molecule has 2 aromatic carbocycles. The summed E-state index contributed by atoms with van der Waals surface area (Å²) in [6.45, 7) is 3.69. The average molecular weight is 300 g/mol. The molecule has 0 heterocycles. The lowest BCUT2D eigenvalue weighted by Crippen LogP contribution is -2.15. The fourth-order valence-corrected chi connectivity index (χ4v) is 1.79. The van der Waals surface area contributed by atoms with Gasteiger partial charge < -0.3 is 14.2 Å². The van der Waals surface area contributed by atoms with Gasteiger partial charge in [0.1, 0.15) is 17.1 Å². The van der Waals surface area contributed by atoms with Crippen molar-refractivity contribution in [2.75, 3.05) is 6.61 Å². The second-order valence-corrected chi connectivity index (χ2v) is 4.44. The molecule has 2 rings (SSSR count). The van der Waals surface area contributed by atoms with E-state index in [1.54, 1.807) is 31.2 Å². The van der Waals surface area contributed by atoms with Gasteiger partial charge in [0.05, 0.1) is 6.61 Å². The van der Waals surface area contributed by atoms with Crippen molar-refractivity contribution in [2.24, 2.45) is 0 Å². The molecule has 0 saturated carbocycles. The lowest BCUT2D eigenvalue weighted by molar-refractivity contribution is 0.0726. The van der Waals surface area contributed by atoms with Gasteiger partial charge in [0.15, 0.2) is 0 Å². The van der Waals surface area contributed by atoms with Crippen molar-refractivity contribution in [3.63, 3.8) is 0 Å². The van der Waals surface area contributed by atoms with E-state index in [2.05, 4.69) is 0 Å². The summed E-state index contributed by atoms with van der Waals surface area (Å²) in [6, 6.07) is 13.5. The van der Waals surface area contributed by atoms with E-state index in [1.165, 1.54) is 12.1 Å². The Hall–Kier alpha value is -2.82. The van der Waals surface area contributed by atoms with Crippen LogP contribution in [0.5, 0.6) is 11.5 Å². The first kappa shape index (κ1) is 15.6. The summed E-state index contributed by atoms with van der Waals surface area (Å²) in [5.41, 5.74) is 0.985. The summed E-state index contributed by atoms with van der Waals surface area (Å²) in [6.07, 6.45) is -0.862. The molecule has 0 aromatic heterocycles. The summed E-state index contributed by atoms with van der Waals surface area (Å²) in [5.74, 6) is -0.0489. The van der Waals surface area contributed by atoms with Crippen LogP contribution in [0.4, 0.5) is 4.79 Å². The molecular formula is C17H16O5. The van der Waals surface area contributed by atoms with E-state index in [4.69, 9.17) is 14.2 Å². The molecule has 0 spiro atoms. The van der Waals surface area contributed by atoms with E-state index in [9.17, 15) is 9.59 Å². The van der Waals surface area contributed by atoms with Crippen molar-refractivity contribution in [1.29, 1.82) is 0 Å². The summed E-state index contributed by atoms with van der Waals surface area (Å²) < 4.78 is 15.1. The zero-order valence-corrected chi connectivity index (χ0v) is 12.4.